The van der Waals surface area contributed by atoms with Gasteiger partial charge < -0.3 is 9.88 Å². The van der Waals surface area contributed by atoms with Crippen LogP contribution in [0.2, 0.25) is 0 Å². The highest BCUT2D eigenvalue weighted by atomic mass is 19.1. The van der Waals surface area contributed by atoms with Gasteiger partial charge in [-0.25, -0.2) is 14.4 Å². The molecule has 0 aromatic carbocycles. The molecule has 3 aromatic rings. The molecule has 3 aromatic heterocycles. The number of alkyl halides is 1. The molecule has 2 fully saturated rings. The zero-order valence-electron chi connectivity index (χ0n) is 15.0. The summed E-state index contributed by atoms with van der Waals surface area (Å²) in [5, 5.41) is 11.7. The van der Waals surface area contributed by atoms with E-state index in [-0.39, 0.29) is 0 Å². The molecule has 1 unspecified atom stereocenters. The second kappa shape index (κ2) is 6.46. The van der Waals surface area contributed by atoms with Crippen LogP contribution in [-0.2, 0) is 0 Å². The minimum atomic E-state index is -0.676. The molecule has 2 saturated heterocycles. The molecule has 6 nitrogen and oxygen atoms in total. The molecule has 0 bridgehead atoms. The molecular weight excluding hydrogens is 343 g/mol. The number of hydrogen-bond acceptors (Lipinski definition) is 5. The van der Waals surface area contributed by atoms with Gasteiger partial charge in [0, 0.05) is 49.2 Å². The van der Waals surface area contributed by atoms with Gasteiger partial charge in [-0.05, 0) is 31.4 Å². The molecule has 0 aliphatic carbocycles. The highest BCUT2D eigenvalue weighted by Crippen LogP contribution is 2.36. The van der Waals surface area contributed by atoms with Crippen molar-refractivity contribution in [3.8, 4) is 6.07 Å². The van der Waals surface area contributed by atoms with Gasteiger partial charge in [0.25, 0.3) is 0 Å². The van der Waals surface area contributed by atoms with E-state index in [1.807, 2.05) is 12.1 Å². The van der Waals surface area contributed by atoms with E-state index in [0.29, 0.717) is 24.7 Å². The summed E-state index contributed by atoms with van der Waals surface area (Å²) in [6.07, 6.45) is 5.42. The summed E-state index contributed by atoms with van der Waals surface area (Å²) in [6.45, 7) is 3.13. The number of aromatic amines is 1. The third-order valence-electron chi connectivity index (χ3n) is 5.95. The van der Waals surface area contributed by atoms with Crippen LogP contribution in [-0.4, -0.2) is 58.2 Å². The Hall–Kier alpha value is -2.72. The number of hydrogen-bond donors (Lipinski definition) is 1. The van der Waals surface area contributed by atoms with Crippen LogP contribution >= 0.6 is 0 Å². The smallest absolute Gasteiger partial charge is 0.164 e. The lowest BCUT2D eigenvalue weighted by molar-refractivity contribution is 0.192. The molecule has 2 aliphatic heterocycles. The minimum Gasteiger partial charge on any atom is -0.368 e. The van der Waals surface area contributed by atoms with Gasteiger partial charge in [0.15, 0.2) is 5.69 Å². The van der Waals surface area contributed by atoms with E-state index in [2.05, 4.69) is 30.8 Å². The fourth-order valence-electron chi connectivity index (χ4n) is 4.62. The van der Waals surface area contributed by atoms with Crippen LogP contribution in [0.1, 0.15) is 25.0 Å². The predicted octanol–water partition coefficient (Wildman–Crippen LogP) is 3.00. The molecule has 7 heteroatoms. The predicted molar refractivity (Wildman–Crippen MR) is 102 cm³/mol. The highest BCUT2D eigenvalue weighted by molar-refractivity contribution is 6.13. The number of aromatic nitrogens is 3. The largest absolute Gasteiger partial charge is 0.368 e. The fraction of sp³-hybridized carbons (Fsp3) is 0.450. The quantitative estimate of drug-likeness (QED) is 0.757. The van der Waals surface area contributed by atoms with Crippen LogP contribution in [0.5, 0.6) is 0 Å². The summed E-state index contributed by atoms with van der Waals surface area (Å²) >= 11 is 0. The van der Waals surface area contributed by atoms with Crippen LogP contribution in [0.15, 0.2) is 24.5 Å². The van der Waals surface area contributed by atoms with Crippen molar-refractivity contribution < 1.29 is 4.39 Å². The Kier molecular flexibility index (Phi) is 3.94. The Morgan fingerprint density at radius 1 is 1.19 bits per heavy atom. The van der Waals surface area contributed by atoms with Crippen molar-refractivity contribution in [3.63, 3.8) is 0 Å². The molecule has 0 amide bonds. The third-order valence-corrected chi connectivity index (χ3v) is 5.95. The number of halogens is 1. The first-order valence-electron chi connectivity index (χ1n) is 9.53. The molecule has 5 rings (SSSR count). The van der Waals surface area contributed by atoms with Crippen LogP contribution in [0.25, 0.3) is 21.9 Å². The first-order valence-corrected chi connectivity index (χ1v) is 9.53. The maximum Gasteiger partial charge on any atom is 0.164 e. The Labute approximate surface area is 156 Å². The van der Waals surface area contributed by atoms with Gasteiger partial charge in [-0.15, -0.1) is 0 Å². The van der Waals surface area contributed by atoms with Gasteiger partial charge in [0.05, 0.1) is 17.4 Å². The maximum atomic E-state index is 13.6. The number of rotatable bonds is 2. The fourth-order valence-corrected chi connectivity index (χ4v) is 4.62. The number of nitrogens with zero attached hydrogens (tertiary/aromatic N) is 5. The molecule has 138 valence electrons. The van der Waals surface area contributed by atoms with E-state index in [0.717, 1.165) is 60.1 Å². The van der Waals surface area contributed by atoms with Crippen molar-refractivity contribution in [1.82, 2.24) is 19.9 Å². The van der Waals surface area contributed by atoms with Gasteiger partial charge in [-0.2, -0.15) is 5.26 Å². The maximum absolute atomic E-state index is 13.6. The first-order chi connectivity index (χ1) is 13.2. The van der Waals surface area contributed by atoms with Crippen molar-refractivity contribution in [3.05, 3.63) is 30.2 Å². The number of fused-ring (bicyclic) bond motifs is 3. The molecule has 1 N–H and O–H groups in total. The molecular formula is C20H21FN6. The van der Waals surface area contributed by atoms with Crippen LogP contribution in [0.3, 0.4) is 0 Å². The number of likely N-dealkylation sites (tertiary alicyclic amines) is 1. The Bertz CT molecular complexity index is 1030. The van der Waals surface area contributed by atoms with Crippen molar-refractivity contribution in [2.75, 3.05) is 31.1 Å². The van der Waals surface area contributed by atoms with Gasteiger partial charge in [-0.1, -0.05) is 0 Å². The molecule has 5 heterocycles. The normalized spacial score (nSPS) is 21.9. The SMILES string of the molecule is N#Cc1ncc2[nH]c3ncccc3c2c1N1CCC(N2CCC(F)C2)CC1. The van der Waals surface area contributed by atoms with Crippen LogP contribution in [0.4, 0.5) is 10.1 Å². The second-order valence-corrected chi connectivity index (χ2v) is 7.48. The number of H-pyrrole nitrogens is 1. The summed E-state index contributed by atoms with van der Waals surface area (Å²) in [4.78, 5) is 16.7. The lowest BCUT2D eigenvalue weighted by atomic mass is 10.0. The number of piperidine rings is 1. The van der Waals surface area contributed by atoms with Crippen LogP contribution < -0.4 is 4.90 Å². The van der Waals surface area contributed by atoms with Crippen LogP contribution in [0, 0.1) is 11.3 Å². The summed E-state index contributed by atoms with van der Waals surface area (Å²) < 4.78 is 13.6. The second-order valence-electron chi connectivity index (χ2n) is 7.48. The summed E-state index contributed by atoms with van der Waals surface area (Å²) in [5.41, 5.74) is 3.07. The van der Waals surface area contributed by atoms with E-state index < -0.39 is 6.17 Å². The van der Waals surface area contributed by atoms with Crippen molar-refractivity contribution >= 4 is 27.6 Å². The van der Waals surface area contributed by atoms with Gasteiger partial charge in [0.1, 0.15) is 17.9 Å². The van der Waals surface area contributed by atoms with E-state index in [1.165, 1.54) is 0 Å². The standard InChI is InChI=1S/C20H21FN6/c21-13-3-7-27(12-13)14-4-8-26(9-5-14)19-16(10-22)24-11-17-18(19)15-2-1-6-23-20(15)25-17/h1-2,6,11,13-14H,3-5,7-9,12H2,(H,23,25). The molecule has 2 aliphatic rings. The molecule has 1 atom stereocenters. The van der Waals surface area contributed by atoms with E-state index in [1.54, 1.807) is 12.4 Å². The number of nitrogens with one attached hydrogen (secondary N) is 1. The Morgan fingerprint density at radius 3 is 2.78 bits per heavy atom. The number of nitriles is 1. The van der Waals surface area contributed by atoms with Crippen molar-refractivity contribution in [2.45, 2.75) is 31.5 Å². The van der Waals surface area contributed by atoms with Crippen molar-refractivity contribution in [2.24, 2.45) is 0 Å². The Morgan fingerprint density at radius 2 is 2.04 bits per heavy atom. The van der Waals surface area contributed by atoms with E-state index in [9.17, 15) is 9.65 Å². The number of anilines is 1. The summed E-state index contributed by atoms with van der Waals surface area (Å²) in [5.74, 6) is 0. The monoisotopic (exact) mass is 364 g/mol. The highest BCUT2D eigenvalue weighted by Gasteiger charge is 2.32. The first kappa shape index (κ1) is 16.5. The average molecular weight is 364 g/mol. The third kappa shape index (κ3) is 2.72. The molecule has 0 radical (unpaired) electrons. The topological polar surface area (TPSA) is 71.8 Å². The molecule has 27 heavy (non-hydrogen) atoms. The lowest BCUT2D eigenvalue weighted by Gasteiger charge is -2.38. The van der Waals surface area contributed by atoms with E-state index >= 15 is 0 Å². The summed E-state index contributed by atoms with van der Waals surface area (Å²) in [6, 6.07) is 6.65. The average Bonchev–Trinajstić information content (AvgIpc) is 3.31. The van der Waals surface area contributed by atoms with Gasteiger partial charge >= 0.3 is 0 Å². The van der Waals surface area contributed by atoms with Gasteiger partial charge in [0.2, 0.25) is 0 Å². The van der Waals surface area contributed by atoms with Crippen molar-refractivity contribution in [1.29, 1.82) is 5.26 Å². The summed E-state index contributed by atoms with van der Waals surface area (Å²) in [7, 11) is 0. The van der Waals surface area contributed by atoms with E-state index in [4.69, 9.17) is 0 Å². The molecule has 0 spiro atoms. The lowest BCUT2D eigenvalue weighted by Crippen LogP contribution is -2.44. The molecule has 0 saturated carbocycles. The minimum absolute atomic E-state index is 0.435. The Balaban J connectivity index is 1.50. The zero-order valence-corrected chi connectivity index (χ0v) is 15.0. The zero-order chi connectivity index (χ0) is 18.4. The van der Waals surface area contributed by atoms with Gasteiger partial charge in [-0.3, -0.25) is 4.90 Å². The number of pyridine rings is 2.